The van der Waals surface area contributed by atoms with Gasteiger partial charge in [-0.05, 0) is 48.9 Å². The fourth-order valence-corrected chi connectivity index (χ4v) is 6.71. The van der Waals surface area contributed by atoms with Crippen LogP contribution >= 0.6 is 35.0 Å². The van der Waals surface area contributed by atoms with Gasteiger partial charge in [0.1, 0.15) is 0 Å². The number of benzene rings is 2. The number of carbonyl (C=O) groups is 2. The van der Waals surface area contributed by atoms with Crippen LogP contribution in [0.1, 0.15) is 43.2 Å². The van der Waals surface area contributed by atoms with E-state index in [9.17, 15) is 9.59 Å². The first-order valence-corrected chi connectivity index (χ1v) is 13.6. The second kappa shape index (κ2) is 11.3. The van der Waals surface area contributed by atoms with Gasteiger partial charge in [0.25, 0.3) is 0 Å². The van der Waals surface area contributed by atoms with Gasteiger partial charge in [0.15, 0.2) is 0 Å². The van der Waals surface area contributed by atoms with Gasteiger partial charge in [-0.25, -0.2) is 0 Å². The summed E-state index contributed by atoms with van der Waals surface area (Å²) in [5.41, 5.74) is 2.05. The smallest absolute Gasteiger partial charge is 0.238 e. The molecule has 2 aliphatic rings. The van der Waals surface area contributed by atoms with Crippen LogP contribution in [0.25, 0.3) is 0 Å². The molecule has 2 aliphatic heterocycles. The lowest BCUT2D eigenvalue weighted by Crippen LogP contribution is -2.54. The number of amides is 2. The van der Waals surface area contributed by atoms with Gasteiger partial charge in [-0.1, -0.05) is 66.5 Å². The molecule has 182 valence electrons. The van der Waals surface area contributed by atoms with Crippen molar-refractivity contribution in [2.24, 2.45) is 0 Å². The molecule has 0 radical (unpaired) electrons. The number of rotatable bonds is 7. The molecule has 0 bridgehead atoms. The highest BCUT2D eigenvalue weighted by molar-refractivity contribution is 8.01. The van der Waals surface area contributed by atoms with Crippen LogP contribution in [0.3, 0.4) is 0 Å². The first kappa shape index (κ1) is 25.4. The van der Waals surface area contributed by atoms with Gasteiger partial charge in [0.2, 0.25) is 11.8 Å². The van der Waals surface area contributed by atoms with E-state index >= 15 is 0 Å². The lowest BCUT2D eigenvalue weighted by Gasteiger charge is -2.40. The maximum absolute atomic E-state index is 13.2. The molecule has 2 atom stereocenters. The van der Waals surface area contributed by atoms with Crippen molar-refractivity contribution < 1.29 is 9.59 Å². The van der Waals surface area contributed by atoms with Crippen LogP contribution < -0.4 is 10.6 Å². The monoisotopic (exact) mass is 519 g/mol. The number of hydrogen-bond acceptors (Lipinski definition) is 4. The van der Waals surface area contributed by atoms with Gasteiger partial charge in [-0.15, -0.1) is 11.8 Å². The Kier molecular flexibility index (Phi) is 8.46. The normalized spacial score (nSPS) is 20.3. The number of nitrogens with one attached hydrogen (secondary N) is 2. The predicted octanol–water partition coefficient (Wildman–Crippen LogP) is 4.87. The third kappa shape index (κ3) is 5.91. The molecule has 8 heteroatoms. The predicted molar refractivity (Wildman–Crippen MR) is 141 cm³/mol. The molecule has 1 spiro atoms. The SMILES string of the molecule is CCC(C(=O)N1CCC2(CC1)NC(C(=O)NCCc1ccc(Cl)cc1Cl)CS2)c1ccccc1. The minimum atomic E-state index is -0.222. The average Bonchev–Trinajstić information content (AvgIpc) is 3.25. The van der Waals surface area contributed by atoms with E-state index in [2.05, 4.69) is 17.6 Å². The van der Waals surface area contributed by atoms with Crippen molar-refractivity contribution in [3.8, 4) is 0 Å². The van der Waals surface area contributed by atoms with Crippen molar-refractivity contribution >= 4 is 46.8 Å². The number of hydrogen-bond donors (Lipinski definition) is 2. The van der Waals surface area contributed by atoms with Crippen LogP contribution in [0.4, 0.5) is 0 Å². The van der Waals surface area contributed by atoms with Gasteiger partial charge in [0, 0.05) is 35.4 Å². The fourth-order valence-electron chi connectivity index (χ4n) is 4.79. The van der Waals surface area contributed by atoms with Gasteiger partial charge in [-0.3, -0.25) is 14.9 Å². The molecule has 4 rings (SSSR count). The Balaban J connectivity index is 1.25. The van der Waals surface area contributed by atoms with Crippen molar-refractivity contribution in [2.45, 2.75) is 49.4 Å². The molecular weight excluding hydrogens is 489 g/mol. The van der Waals surface area contributed by atoms with Gasteiger partial charge < -0.3 is 10.2 Å². The number of nitrogens with zero attached hydrogens (tertiary/aromatic N) is 1. The quantitative estimate of drug-likeness (QED) is 0.547. The van der Waals surface area contributed by atoms with E-state index in [1.807, 2.05) is 59.1 Å². The van der Waals surface area contributed by atoms with Gasteiger partial charge in [-0.2, -0.15) is 0 Å². The van der Waals surface area contributed by atoms with Crippen molar-refractivity contribution in [3.63, 3.8) is 0 Å². The Morgan fingerprint density at radius 1 is 1.18 bits per heavy atom. The molecule has 2 unspecified atom stereocenters. The Morgan fingerprint density at radius 2 is 1.91 bits per heavy atom. The first-order valence-electron chi connectivity index (χ1n) is 11.9. The Labute approximate surface area is 215 Å². The fraction of sp³-hybridized carbons (Fsp3) is 0.462. The Hall–Kier alpha value is -1.73. The van der Waals surface area contributed by atoms with Gasteiger partial charge in [0.05, 0.1) is 16.8 Å². The summed E-state index contributed by atoms with van der Waals surface area (Å²) < 4.78 is 0. The molecule has 2 amide bonds. The molecule has 2 aromatic carbocycles. The maximum atomic E-state index is 13.2. The zero-order valence-electron chi connectivity index (χ0n) is 19.4. The molecule has 5 nitrogen and oxygen atoms in total. The molecule has 2 saturated heterocycles. The second-order valence-corrected chi connectivity index (χ2v) is 11.2. The van der Waals surface area contributed by atoms with E-state index < -0.39 is 0 Å². The highest BCUT2D eigenvalue weighted by atomic mass is 35.5. The summed E-state index contributed by atoms with van der Waals surface area (Å²) in [5.74, 6) is 0.875. The molecule has 2 N–H and O–H groups in total. The zero-order chi connectivity index (χ0) is 24.1. The van der Waals surface area contributed by atoms with E-state index in [4.69, 9.17) is 23.2 Å². The maximum Gasteiger partial charge on any atom is 0.238 e. The van der Waals surface area contributed by atoms with Crippen LogP contribution in [-0.2, 0) is 16.0 Å². The Bertz CT molecular complexity index is 1010. The Morgan fingerprint density at radius 3 is 2.59 bits per heavy atom. The van der Waals surface area contributed by atoms with E-state index in [1.54, 1.807) is 6.07 Å². The summed E-state index contributed by atoms with van der Waals surface area (Å²) in [6.07, 6.45) is 3.14. The molecule has 2 aromatic rings. The highest BCUT2D eigenvalue weighted by Gasteiger charge is 2.44. The topological polar surface area (TPSA) is 61.4 Å². The molecular formula is C26H31Cl2N3O2S. The number of carbonyl (C=O) groups excluding carboxylic acids is 2. The lowest BCUT2D eigenvalue weighted by atomic mass is 9.93. The van der Waals surface area contributed by atoms with Crippen molar-refractivity contribution in [1.82, 2.24) is 15.5 Å². The highest BCUT2D eigenvalue weighted by Crippen LogP contribution is 2.40. The van der Waals surface area contributed by atoms with E-state index in [0.29, 0.717) is 36.1 Å². The zero-order valence-corrected chi connectivity index (χ0v) is 21.7. The summed E-state index contributed by atoms with van der Waals surface area (Å²) in [6, 6.07) is 15.2. The average molecular weight is 521 g/mol. The van der Waals surface area contributed by atoms with Crippen LogP contribution in [-0.4, -0.2) is 53.0 Å². The number of halogens is 2. The molecule has 34 heavy (non-hydrogen) atoms. The minimum absolute atomic E-state index is 0.0168. The lowest BCUT2D eigenvalue weighted by molar-refractivity contribution is -0.134. The van der Waals surface area contributed by atoms with Crippen molar-refractivity contribution in [1.29, 1.82) is 0 Å². The number of likely N-dealkylation sites (tertiary alicyclic amines) is 1. The number of piperidine rings is 1. The molecule has 0 aromatic heterocycles. The molecule has 2 fully saturated rings. The third-order valence-corrected chi connectivity index (χ3v) is 8.95. The van der Waals surface area contributed by atoms with Crippen LogP contribution in [0, 0.1) is 0 Å². The van der Waals surface area contributed by atoms with E-state index in [1.165, 1.54) is 0 Å². The summed E-state index contributed by atoms with van der Waals surface area (Å²) in [6.45, 7) is 4.02. The molecule has 0 aliphatic carbocycles. The van der Waals surface area contributed by atoms with Crippen molar-refractivity contribution in [3.05, 3.63) is 69.7 Å². The third-order valence-electron chi connectivity index (χ3n) is 6.78. The van der Waals surface area contributed by atoms with E-state index in [-0.39, 0.29) is 28.6 Å². The van der Waals surface area contributed by atoms with Crippen LogP contribution in [0.2, 0.25) is 10.0 Å². The summed E-state index contributed by atoms with van der Waals surface area (Å²) in [7, 11) is 0. The minimum Gasteiger partial charge on any atom is -0.354 e. The molecule has 2 heterocycles. The summed E-state index contributed by atoms with van der Waals surface area (Å²) in [5, 5.41) is 7.84. The van der Waals surface area contributed by atoms with Crippen LogP contribution in [0.15, 0.2) is 48.5 Å². The van der Waals surface area contributed by atoms with E-state index in [0.717, 1.165) is 36.1 Å². The number of thioether (sulfide) groups is 1. The second-order valence-electron chi connectivity index (χ2n) is 8.98. The standard InChI is InChI=1S/C26H31Cl2N3O2S/c1-2-21(18-6-4-3-5-7-18)25(33)31-14-11-26(12-15-31)30-23(17-34-26)24(32)29-13-10-19-8-9-20(27)16-22(19)28/h3-9,16,21,23,30H,2,10-15,17H2,1H3,(H,29,32). The van der Waals surface area contributed by atoms with Crippen molar-refractivity contribution in [2.75, 3.05) is 25.4 Å². The summed E-state index contributed by atoms with van der Waals surface area (Å²) >= 11 is 14.0. The largest absolute Gasteiger partial charge is 0.354 e. The molecule has 0 saturated carbocycles. The first-order chi connectivity index (χ1) is 16.4. The van der Waals surface area contributed by atoms with Crippen LogP contribution in [0.5, 0.6) is 0 Å². The van der Waals surface area contributed by atoms with Gasteiger partial charge >= 0.3 is 0 Å². The summed E-state index contributed by atoms with van der Waals surface area (Å²) in [4.78, 5) is 27.8.